The van der Waals surface area contributed by atoms with E-state index in [1.807, 2.05) is 23.5 Å². The van der Waals surface area contributed by atoms with Crippen LogP contribution >= 0.6 is 11.3 Å². The highest BCUT2D eigenvalue weighted by atomic mass is 32.1. The largest absolute Gasteiger partial charge is 0.490 e. The maximum Gasteiger partial charge on any atom is 0.490 e. The van der Waals surface area contributed by atoms with Crippen LogP contribution in [0, 0.1) is 5.82 Å². The lowest BCUT2D eigenvalue weighted by atomic mass is 9.84. The molecule has 0 bridgehead atoms. The van der Waals surface area contributed by atoms with Crippen molar-refractivity contribution in [2.24, 2.45) is 0 Å². The minimum atomic E-state index is -5.08. The van der Waals surface area contributed by atoms with Gasteiger partial charge in [0.05, 0.1) is 12.1 Å². The molecule has 1 spiro atoms. The van der Waals surface area contributed by atoms with Crippen molar-refractivity contribution in [2.45, 2.75) is 43.8 Å². The number of piperidine rings is 1. The summed E-state index contributed by atoms with van der Waals surface area (Å²) in [5.41, 5.74) is 0.937. The van der Waals surface area contributed by atoms with Crippen LogP contribution in [0.2, 0.25) is 0 Å². The first-order valence-corrected chi connectivity index (χ1v) is 13.1. The van der Waals surface area contributed by atoms with Crippen LogP contribution in [0.5, 0.6) is 0 Å². The lowest BCUT2D eigenvalue weighted by Gasteiger charge is -2.48. The quantitative estimate of drug-likeness (QED) is 0.398. The highest BCUT2D eigenvalue weighted by molar-refractivity contribution is 7.09. The van der Waals surface area contributed by atoms with E-state index in [9.17, 15) is 30.7 Å². The number of carbonyl (C=O) groups is 2. The van der Waals surface area contributed by atoms with E-state index in [1.165, 1.54) is 17.0 Å². The van der Waals surface area contributed by atoms with Crippen molar-refractivity contribution in [3.63, 3.8) is 0 Å². The summed E-state index contributed by atoms with van der Waals surface area (Å²) in [7, 11) is 2.16. The zero-order valence-electron chi connectivity index (χ0n) is 22.0. The van der Waals surface area contributed by atoms with Crippen molar-refractivity contribution in [1.29, 1.82) is 0 Å². The number of alkyl halides is 6. The van der Waals surface area contributed by atoms with Crippen LogP contribution in [-0.2, 0) is 28.2 Å². The van der Waals surface area contributed by atoms with Gasteiger partial charge >= 0.3 is 24.3 Å². The summed E-state index contributed by atoms with van der Waals surface area (Å²) in [6, 6.07) is 11.0. The summed E-state index contributed by atoms with van der Waals surface area (Å²) in [6.45, 7) is 4.95. The van der Waals surface area contributed by atoms with Crippen LogP contribution in [0.15, 0.2) is 41.8 Å². The average molecular weight is 626 g/mol. The molecule has 42 heavy (non-hydrogen) atoms. The number of carboxylic acid groups (broad SMARTS) is 2. The van der Waals surface area contributed by atoms with Gasteiger partial charge in [-0.05, 0) is 55.6 Å². The predicted molar refractivity (Wildman–Crippen MR) is 136 cm³/mol. The van der Waals surface area contributed by atoms with Crippen molar-refractivity contribution in [1.82, 2.24) is 24.6 Å². The number of hydrogen-bond acceptors (Lipinski definition) is 7. The van der Waals surface area contributed by atoms with E-state index in [0.717, 1.165) is 62.8 Å². The maximum absolute atomic E-state index is 13.4. The molecule has 1 fully saturated rings. The molecule has 5 rings (SSSR count). The van der Waals surface area contributed by atoms with Crippen molar-refractivity contribution in [3.05, 3.63) is 58.3 Å². The molecule has 2 aromatic heterocycles. The maximum atomic E-state index is 13.4. The topological polar surface area (TPSA) is 112 Å². The molecule has 0 saturated carbocycles. The van der Waals surface area contributed by atoms with Crippen LogP contribution in [0.25, 0.3) is 11.4 Å². The number of likely N-dealkylation sites (tertiary alicyclic amines) is 1. The molecule has 0 unspecified atom stereocenters. The van der Waals surface area contributed by atoms with E-state index >= 15 is 0 Å². The van der Waals surface area contributed by atoms with E-state index in [2.05, 4.69) is 49.1 Å². The lowest BCUT2D eigenvalue weighted by molar-refractivity contribution is -0.193. The van der Waals surface area contributed by atoms with Crippen LogP contribution in [0.4, 0.5) is 30.7 Å². The molecule has 3 aromatic rings. The van der Waals surface area contributed by atoms with Crippen LogP contribution in [0.1, 0.15) is 23.5 Å². The van der Waals surface area contributed by atoms with E-state index < -0.39 is 24.3 Å². The van der Waals surface area contributed by atoms with E-state index in [-0.39, 0.29) is 11.4 Å². The van der Waals surface area contributed by atoms with Gasteiger partial charge in [-0.15, -0.1) is 21.5 Å². The van der Waals surface area contributed by atoms with E-state index in [0.29, 0.717) is 0 Å². The number of carboxylic acids is 2. The van der Waals surface area contributed by atoms with Gasteiger partial charge in [0.15, 0.2) is 5.82 Å². The molecule has 1 aromatic carbocycles. The number of halogens is 7. The summed E-state index contributed by atoms with van der Waals surface area (Å²) < 4.78 is 79.2. The molecule has 2 aliphatic heterocycles. The SMILES string of the molecule is CN1Cc2nnc(-c3ccc(F)cc3)n2C2(CCN(Cc3cccs3)CC2)C1.O=C(O)C(F)(F)F.O=C(O)C(F)(F)F. The Morgan fingerprint density at radius 1 is 0.952 bits per heavy atom. The first-order chi connectivity index (χ1) is 19.5. The fourth-order valence-corrected chi connectivity index (χ4v) is 5.45. The molecule has 2 N–H and O–H groups in total. The Morgan fingerprint density at radius 3 is 1.98 bits per heavy atom. The second-order valence-corrected chi connectivity index (χ2v) is 10.7. The van der Waals surface area contributed by atoms with Gasteiger partial charge in [0.25, 0.3) is 0 Å². The predicted octanol–water partition coefficient (Wildman–Crippen LogP) is 4.85. The number of nitrogens with zero attached hydrogens (tertiary/aromatic N) is 5. The molecular weight excluding hydrogens is 599 g/mol. The van der Waals surface area contributed by atoms with Crippen molar-refractivity contribution >= 4 is 23.3 Å². The molecule has 230 valence electrons. The lowest BCUT2D eigenvalue weighted by Crippen LogP contribution is -2.55. The minimum Gasteiger partial charge on any atom is -0.475 e. The molecule has 17 heteroatoms. The highest BCUT2D eigenvalue weighted by Gasteiger charge is 2.43. The third-order valence-electron chi connectivity index (χ3n) is 6.51. The molecule has 9 nitrogen and oxygen atoms in total. The second-order valence-electron chi connectivity index (χ2n) is 9.64. The van der Waals surface area contributed by atoms with Gasteiger partial charge in [0.1, 0.15) is 11.6 Å². The minimum absolute atomic E-state index is 0.00149. The number of fused-ring (bicyclic) bond motifs is 2. The normalized spacial score (nSPS) is 17.0. The number of likely N-dealkylation sites (N-methyl/N-ethyl adjacent to an activating group) is 1. The third-order valence-corrected chi connectivity index (χ3v) is 7.37. The Labute approximate surface area is 238 Å². The van der Waals surface area contributed by atoms with Crippen LogP contribution in [-0.4, -0.2) is 85.8 Å². The Kier molecular flexibility index (Phi) is 10.3. The Hall–Kier alpha value is -3.57. The number of benzene rings is 1. The first-order valence-electron chi connectivity index (χ1n) is 12.3. The number of aromatic nitrogens is 3. The zero-order chi connectivity index (χ0) is 31.3. The zero-order valence-corrected chi connectivity index (χ0v) is 22.8. The third kappa shape index (κ3) is 8.48. The van der Waals surface area contributed by atoms with Gasteiger partial charge in [0.2, 0.25) is 0 Å². The fraction of sp³-hybridized carbons (Fsp3) is 0.440. The first kappa shape index (κ1) is 32.9. The standard InChI is InChI=1S/C21H24FN5S.2C2HF3O2/c1-25-14-19-23-24-20(16-4-6-17(22)7-5-16)27(19)21(15-25)8-10-26(11-9-21)13-18-3-2-12-28-18;2*3-2(4,5)1(6)7/h2-7,12H,8-11,13-15H2,1H3;2*(H,6,7). The van der Waals surface area contributed by atoms with Gasteiger partial charge in [-0.25, -0.2) is 14.0 Å². The van der Waals surface area contributed by atoms with Crippen molar-refractivity contribution in [3.8, 4) is 11.4 Å². The Balaban J connectivity index is 0.000000289. The number of thiophene rings is 1. The molecule has 4 heterocycles. The summed E-state index contributed by atoms with van der Waals surface area (Å²) >= 11 is 1.83. The Morgan fingerprint density at radius 2 is 1.50 bits per heavy atom. The highest BCUT2D eigenvalue weighted by Crippen LogP contribution is 2.39. The molecule has 1 saturated heterocycles. The summed E-state index contributed by atoms with van der Waals surface area (Å²) in [6.07, 6.45) is -8.02. The molecule has 0 atom stereocenters. The van der Waals surface area contributed by atoms with Gasteiger partial charge in [-0.1, -0.05) is 6.07 Å². The molecule has 2 aliphatic rings. The Bertz CT molecular complexity index is 1310. The smallest absolute Gasteiger partial charge is 0.475 e. The summed E-state index contributed by atoms with van der Waals surface area (Å²) in [5, 5.41) is 25.4. The second kappa shape index (κ2) is 13.2. The van der Waals surface area contributed by atoms with E-state index in [4.69, 9.17) is 19.8 Å². The number of hydrogen-bond donors (Lipinski definition) is 2. The van der Waals surface area contributed by atoms with Crippen LogP contribution < -0.4 is 0 Å². The average Bonchev–Trinajstić information content (AvgIpc) is 3.56. The van der Waals surface area contributed by atoms with Gasteiger partial charge in [-0.2, -0.15) is 26.3 Å². The molecule has 0 radical (unpaired) electrons. The van der Waals surface area contributed by atoms with Crippen molar-refractivity contribution in [2.75, 3.05) is 26.7 Å². The number of rotatable bonds is 3. The fourth-order valence-electron chi connectivity index (χ4n) is 4.71. The molecular formula is C25H26F7N5O4S. The monoisotopic (exact) mass is 625 g/mol. The van der Waals surface area contributed by atoms with E-state index in [1.54, 1.807) is 0 Å². The van der Waals surface area contributed by atoms with Gasteiger partial charge in [0, 0.05) is 36.6 Å². The van der Waals surface area contributed by atoms with Crippen LogP contribution in [0.3, 0.4) is 0 Å². The summed E-state index contributed by atoms with van der Waals surface area (Å²) in [5.74, 6) is -3.85. The van der Waals surface area contributed by atoms with Crippen molar-refractivity contribution < 1.29 is 50.5 Å². The molecule has 0 aliphatic carbocycles. The van der Waals surface area contributed by atoms with Gasteiger partial charge < -0.3 is 14.8 Å². The molecule has 0 amide bonds. The van der Waals surface area contributed by atoms with Gasteiger partial charge in [-0.3, -0.25) is 9.80 Å². The number of aliphatic carboxylic acids is 2. The summed E-state index contributed by atoms with van der Waals surface area (Å²) in [4.78, 5) is 24.1.